The van der Waals surface area contributed by atoms with E-state index in [0.29, 0.717) is 26.1 Å². The highest BCUT2D eigenvalue weighted by Crippen LogP contribution is 2.19. The number of carbonyl (C=O) groups excluding carboxylic acids is 2. The maximum absolute atomic E-state index is 13.8. The Bertz CT molecular complexity index is 1120. The van der Waals surface area contributed by atoms with E-state index in [2.05, 4.69) is 20.9 Å². The largest absolute Gasteiger partial charge is 0.465 e. The first-order valence-corrected chi connectivity index (χ1v) is 14.9. The second-order valence-corrected chi connectivity index (χ2v) is 12.9. The number of hydrogen-bond donors (Lipinski definition) is 5. The number of amides is 3. The molecule has 0 saturated carbocycles. The Morgan fingerprint density at radius 2 is 1.93 bits per heavy atom. The van der Waals surface area contributed by atoms with Crippen LogP contribution in [0.5, 0.6) is 0 Å². The highest BCUT2D eigenvalue weighted by molar-refractivity contribution is 7.09. The number of aromatic nitrogens is 1. The Balaban J connectivity index is 1.82. The van der Waals surface area contributed by atoms with Gasteiger partial charge in [-0.05, 0) is 38.7 Å². The van der Waals surface area contributed by atoms with Gasteiger partial charge in [0.15, 0.2) is 0 Å². The maximum atomic E-state index is 13.8. The molecule has 12 heteroatoms. The van der Waals surface area contributed by atoms with Crippen LogP contribution in [0.3, 0.4) is 0 Å². The van der Waals surface area contributed by atoms with Crippen LogP contribution in [0.25, 0.3) is 0 Å². The molecular formula is C29H44N6O5S. The van der Waals surface area contributed by atoms with Crippen LogP contribution in [-0.4, -0.2) is 98.9 Å². The van der Waals surface area contributed by atoms with E-state index in [1.54, 1.807) is 25.6 Å². The summed E-state index contributed by atoms with van der Waals surface area (Å²) in [5.41, 5.74) is 2.14. The zero-order valence-electron chi connectivity index (χ0n) is 24.5. The zero-order valence-corrected chi connectivity index (χ0v) is 25.4. The lowest BCUT2D eigenvalue weighted by Crippen LogP contribution is -2.63. The molecule has 1 aromatic carbocycles. The van der Waals surface area contributed by atoms with Crippen LogP contribution in [-0.2, 0) is 22.6 Å². The van der Waals surface area contributed by atoms with Gasteiger partial charge in [-0.1, -0.05) is 44.2 Å². The predicted octanol–water partition coefficient (Wildman–Crippen LogP) is 1.92. The molecule has 1 fully saturated rings. The van der Waals surface area contributed by atoms with E-state index in [-0.39, 0.29) is 24.9 Å². The summed E-state index contributed by atoms with van der Waals surface area (Å²) in [6.07, 6.45) is -0.293. The molecule has 2 heterocycles. The Morgan fingerprint density at radius 1 is 1.22 bits per heavy atom. The second kappa shape index (κ2) is 14.7. The molecule has 1 aliphatic heterocycles. The Kier molecular flexibility index (Phi) is 11.6. The van der Waals surface area contributed by atoms with Gasteiger partial charge in [0.25, 0.3) is 0 Å². The number of thiazole rings is 1. The first-order valence-electron chi connectivity index (χ1n) is 14.0. The number of piperazine rings is 1. The third-order valence-corrected chi connectivity index (χ3v) is 7.72. The van der Waals surface area contributed by atoms with Gasteiger partial charge in [-0.15, -0.1) is 11.3 Å². The van der Waals surface area contributed by atoms with Crippen molar-refractivity contribution in [2.24, 2.45) is 5.92 Å². The van der Waals surface area contributed by atoms with Crippen molar-refractivity contribution in [3.63, 3.8) is 0 Å². The van der Waals surface area contributed by atoms with Gasteiger partial charge in [0, 0.05) is 42.8 Å². The number of nitrogens with zero attached hydrogens (tertiary/aromatic N) is 3. The fourth-order valence-corrected chi connectivity index (χ4v) is 5.63. The van der Waals surface area contributed by atoms with Crippen molar-refractivity contribution in [1.29, 1.82) is 0 Å². The van der Waals surface area contributed by atoms with Gasteiger partial charge in [0.1, 0.15) is 12.1 Å². The standard InChI is InChI=1S/C29H44N6O5S/c1-19(2)25(35(28(39)40)16-21-14-31-18-41-21)27(38)32-22(13-20-9-7-6-8-10-20)24(36)17-34-12-11-30-15-23(34)26(37)33-29(3,4)5/h6-10,14,18-19,22-25,30,36H,11-13,15-17H2,1-5H3,(H,32,38)(H,33,37)(H,39,40)/t22-,23-,24-,25-/m0/s1. The van der Waals surface area contributed by atoms with Crippen LogP contribution in [0.2, 0.25) is 0 Å². The van der Waals surface area contributed by atoms with Crippen molar-refractivity contribution in [2.75, 3.05) is 26.2 Å². The van der Waals surface area contributed by atoms with Gasteiger partial charge < -0.3 is 26.2 Å². The quantitative estimate of drug-likeness (QED) is 0.253. The Hall–Kier alpha value is -3.06. The topological polar surface area (TPSA) is 147 Å². The van der Waals surface area contributed by atoms with Crippen molar-refractivity contribution in [2.45, 2.75) is 77.4 Å². The molecule has 2 aromatic rings. The van der Waals surface area contributed by atoms with E-state index in [1.165, 1.54) is 11.3 Å². The third-order valence-electron chi connectivity index (χ3n) is 6.96. The van der Waals surface area contributed by atoms with Gasteiger partial charge >= 0.3 is 6.09 Å². The fourth-order valence-electron chi connectivity index (χ4n) is 5.04. The van der Waals surface area contributed by atoms with Crippen molar-refractivity contribution >= 4 is 29.2 Å². The lowest BCUT2D eigenvalue weighted by Gasteiger charge is -2.39. The number of β-amino-alcohol motifs (C(OH)–C–C–N with tert-alkyl or cyclic N) is 1. The van der Waals surface area contributed by atoms with Crippen molar-refractivity contribution < 1.29 is 24.6 Å². The minimum atomic E-state index is -1.21. The van der Waals surface area contributed by atoms with Gasteiger partial charge in [0.2, 0.25) is 11.8 Å². The van der Waals surface area contributed by atoms with Crippen LogP contribution in [0.15, 0.2) is 42.0 Å². The fraction of sp³-hybridized carbons (Fsp3) is 0.586. The number of rotatable bonds is 12. The molecule has 0 aliphatic carbocycles. The summed E-state index contributed by atoms with van der Waals surface area (Å²) in [4.78, 5) is 46.9. The highest BCUT2D eigenvalue weighted by atomic mass is 32.1. The molecule has 3 rings (SSSR count). The molecule has 0 spiro atoms. The molecule has 1 aliphatic rings. The number of aliphatic hydroxyl groups is 1. The smallest absolute Gasteiger partial charge is 0.408 e. The zero-order chi connectivity index (χ0) is 30.2. The van der Waals surface area contributed by atoms with Crippen LogP contribution in [0, 0.1) is 5.92 Å². The first kappa shape index (κ1) is 32.5. The molecule has 3 amide bonds. The monoisotopic (exact) mass is 588 g/mol. The number of hydrogen-bond acceptors (Lipinski definition) is 8. The summed E-state index contributed by atoms with van der Waals surface area (Å²) in [7, 11) is 0. The van der Waals surface area contributed by atoms with Crippen LogP contribution in [0.1, 0.15) is 45.1 Å². The normalized spacial score (nSPS) is 18.4. The summed E-state index contributed by atoms with van der Waals surface area (Å²) < 4.78 is 0. The van der Waals surface area contributed by atoms with E-state index >= 15 is 0 Å². The number of nitrogens with one attached hydrogen (secondary N) is 3. The molecule has 41 heavy (non-hydrogen) atoms. The van der Waals surface area contributed by atoms with Crippen molar-refractivity contribution in [3.8, 4) is 0 Å². The van der Waals surface area contributed by atoms with Crippen molar-refractivity contribution in [1.82, 2.24) is 30.7 Å². The molecule has 5 N–H and O–H groups in total. The molecule has 226 valence electrons. The van der Waals surface area contributed by atoms with Crippen LogP contribution < -0.4 is 16.0 Å². The lowest BCUT2D eigenvalue weighted by atomic mass is 9.97. The molecule has 0 unspecified atom stereocenters. The highest BCUT2D eigenvalue weighted by Gasteiger charge is 2.37. The molecule has 4 atom stereocenters. The summed E-state index contributed by atoms with van der Waals surface area (Å²) in [6.45, 7) is 11.2. The average molecular weight is 589 g/mol. The summed E-state index contributed by atoms with van der Waals surface area (Å²) in [5, 5.41) is 30.8. The average Bonchev–Trinajstić information content (AvgIpc) is 3.41. The van der Waals surface area contributed by atoms with Crippen LogP contribution in [0.4, 0.5) is 4.79 Å². The number of benzene rings is 1. The van der Waals surface area contributed by atoms with Gasteiger partial charge in [-0.2, -0.15) is 0 Å². The first-order chi connectivity index (χ1) is 19.4. The van der Waals surface area contributed by atoms with Crippen LogP contribution >= 0.6 is 11.3 Å². The second-order valence-electron chi connectivity index (χ2n) is 11.9. The van der Waals surface area contributed by atoms with E-state index in [0.717, 1.165) is 15.3 Å². The van der Waals surface area contributed by atoms with Gasteiger partial charge in [-0.25, -0.2) is 4.79 Å². The van der Waals surface area contributed by atoms with E-state index < -0.39 is 41.8 Å². The predicted molar refractivity (Wildman–Crippen MR) is 159 cm³/mol. The Morgan fingerprint density at radius 3 is 2.51 bits per heavy atom. The van der Waals surface area contributed by atoms with E-state index in [4.69, 9.17) is 0 Å². The van der Waals surface area contributed by atoms with E-state index in [1.807, 2.05) is 56.0 Å². The molecule has 1 saturated heterocycles. The summed E-state index contributed by atoms with van der Waals surface area (Å²) >= 11 is 1.32. The van der Waals surface area contributed by atoms with E-state index in [9.17, 15) is 24.6 Å². The van der Waals surface area contributed by atoms with Crippen molar-refractivity contribution in [3.05, 3.63) is 52.5 Å². The minimum Gasteiger partial charge on any atom is -0.465 e. The molecular weight excluding hydrogens is 544 g/mol. The molecule has 1 aromatic heterocycles. The van der Waals surface area contributed by atoms with Gasteiger partial charge in [-0.3, -0.25) is 24.4 Å². The third kappa shape index (κ3) is 9.77. The summed E-state index contributed by atoms with van der Waals surface area (Å²) in [6, 6.07) is 7.34. The van der Waals surface area contributed by atoms with Gasteiger partial charge in [0.05, 0.1) is 24.2 Å². The minimum absolute atomic E-state index is 0.0352. The molecule has 11 nitrogen and oxygen atoms in total. The SMILES string of the molecule is CC(C)[C@@H](C(=O)N[C@@H](Cc1ccccc1)[C@@H](O)CN1CCNC[C@H]1C(=O)NC(C)(C)C)N(Cc1cncs1)C(=O)O. The lowest BCUT2D eigenvalue weighted by molar-refractivity contribution is -0.131. The molecule has 0 radical (unpaired) electrons. The number of carboxylic acid groups (broad SMARTS) is 1. The maximum Gasteiger partial charge on any atom is 0.408 e. The molecule has 0 bridgehead atoms. The Labute approximate surface area is 246 Å². The summed E-state index contributed by atoms with van der Waals surface area (Å²) in [5.74, 6) is -0.929. The number of carbonyl (C=O) groups is 3. The number of aliphatic hydroxyl groups excluding tert-OH is 1.